The van der Waals surface area contributed by atoms with Crippen LogP contribution in [0.1, 0.15) is 30.0 Å². The van der Waals surface area contributed by atoms with Gasteiger partial charge >= 0.3 is 0 Å². The molecule has 2 heterocycles. The maximum Gasteiger partial charge on any atom is 0.258 e. The van der Waals surface area contributed by atoms with Gasteiger partial charge in [-0.1, -0.05) is 32.0 Å². The van der Waals surface area contributed by atoms with E-state index < -0.39 is 0 Å². The van der Waals surface area contributed by atoms with Crippen molar-refractivity contribution in [3.05, 3.63) is 72.3 Å². The fourth-order valence-corrected chi connectivity index (χ4v) is 3.28. The van der Waals surface area contributed by atoms with E-state index in [1.54, 1.807) is 23.4 Å². The van der Waals surface area contributed by atoms with Crippen molar-refractivity contribution >= 4 is 5.91 Å². The summed E-state index contributed by atoms with van der Waals surface area (Å²) in [6, 6.07) is 15.4. The topological polar surface area (TPSA) is 64.5 Å². The monoisotopic (exact) mass is 403 g/mol. The standard InChI is InChI=1S/C24H25N3O3/c1-17(2)16-30-20-7-4-18(5-8-20)19-6-9-22-21(14-19)24(28)27(12-13-29-22)15-23-25-10-3-11-26-23/h3-11,14,17H,12-13,15-16H2,1-2H3. The number of hydrogen-bond acceptors (Lipinski definition) is 5. The average molecular weight is 403 g/mol. The van der Waals surface area contributed by atoms with Crippen molar-refractivity contribution < 1.29 is 14.3 Å². The highest BCUT2D eigenvalue weighted by Gasteiger charge is 2.24. The van der Waals surface area contributed by atoms with E-state index in [1.165, 1.54) is 0 Å². The smallest absolute Gasteiger partial charge is 0.258 e. The number of ether oxygens (including phenoxy) is 2. The molecule has 6 nitrogen and oxygen atoms in total. The molecule has 0 N–H and O–H groups in total. The molecule has 0 bridgehead atoms. The van der Waals surface area contributed by atoms with E-state index in [9.17, 15) is 4.79 Å². The van der Waals surface area contributed by atoms with Crippen molar-refractivity contribution in [1.82, 2.24) is 14.9 Å². The Morgan fingerprint density at radius 1 is 1.07 bits per heavy atom. The summed E-state index contributed by atoms with van der Waals surface area (Å²) in [6.07, 6.45) is 3.36. The highest BCUT2D eigenvalue weighted by atomic mass is 16.5. The predicted octanol–water partition coefficient (Wildman–Crippen LogP) is 4.21. The molecule has 30 heavy (non-hydrogen) atoms. The van der Waals surface area contributed by atoms with Crippen molar-refractivity contribution in [3.63, 3.8) is 0 Å². The first kappa shape index (κ1) is 19.9. The van der Waals surface area contributed by atoms with Crippen LogP contribution in [0.15, 0.2) is 60.9 Å². The third-order valence-corrected chi connectivity index (χ3v) is 4.84. The maximum absolute atomic E-state index is 13.2. The molecule has 0 unspecified atom stereocenters. The summed E-state index contributed by atoms with van der Waals surface area (Å²) in [5.74, 6) is 2.47. The van der Waals surface area contributed by atoms with Crippen molar-refractivity contribution in [2.75, 3.05) is 19.8 Å². The number of nitrogens with zero attached hydrogens (tertiary/aromatic N) is 3. The van der Waals surface area contributed by atoms with Gasteiger partial charge in [0.05, 0.1) is 25.3 Å². The third-order valence-electron chi connectivity index (χ3n) is 4.84. The minimum Gasteiger partial charge on any atom is -0.493 e. The molecule has 0 atom stereocenters. The number of aromatic nitrogens is 2. The van der Waals surface area contributed by atoms with E-state index in [0.29, 0.717) is 49.4 Å². The molecule has 0 aliphatic carbocycles. The van der Waals surface area contributed by atoms with Crippen LogP contribution in [0, 0.1) is 5.92 Å². The lowest BCUT2D eigenvalue weighted by atomic mass is 10.0. The van der Waals surface area contributed by atoms with E-state index >= 15 is 0 Å². The van der Waals surface area contributed by atoms with Crippen LogP contribution in [0.4, 0.5) is 0 Å². The number of rotatable bonds is 6. The third kappa shape index (κ3) is 4.59. The van der Waals surface area contributed by atoms with E-state index in [1.807, 2.05) is 42.5 Å². The van der Waals surface area contributed by atoms with Crippen LogP contribution in [0.3, 0.4) is 0 Å². The Hall–Kier alpha value is -3.41. The minimum atomic E-state index is -0.0753. The molecule has 154 valence electrons. The van der Waals surface area contributed by atoms with Crippen molar-refractivity contribution in [1.29, 1.82) is 0 Å². The van der Waals surface area contributed by atoms with Crippen LogP contribution < -0.4 is 9.47 Å². The van der Waals surface area contributed by atoms with Gasteiger partial charge < -0.3 is 14.4 Å². The van der Waals surface area contributed by atoms with Crippen LogP contribution in [-0.2, 0) is 6.54 Å². The highest BCUT2D eigenvalue weighted by molar-refractivity contribution is 5.98. The maximum atomic E-state index is 13.2. The number of fused-ring (bicyclic) bond motifs is 1. The SMILES string of the molecule is CC(C)COc1ccc(-c2ccc3c(c2)C(=O)N(Cc2ncccn2)CCO3)cc1. The summed E-state index contributed by atoms with van der Waals surface area (Å²) in [4.78, 5) is 23.4. The fourth-order valence-electron chi connectivity index (χ4n) is 3.28. The second-order valence-electron chi connectivity index (χ2n) is 7.68. The van der Waals surface area contributed by atoms with E-state index in [2.05, 4.69) is 23.8 Å². The van der Waals surface area contributed by atoms with E-state index in [4.69, 9.17) is 9.47 Å². The van der Waals surface area contributed by atoms with Crippen LogP contribution in [-0.4, -0.2) is 40.5 Å². The number of amides is 1. The second-order valence-corrected chi connectivity index (χ2v) is 7.68. The molecular weight excluding hydrogens is 378 g/mol. The zero-order valence-electron chi connectivity index (χ0n) is 17.2. The molecule has 3 aromatic rings. The number of benzene rings is 2. The lowest BCUT2D eigenvalue weighted by Crippen LogP contribution is -2.32. The summed E-state index contributed by atoms with van der Waals surface area (Å²) >= 11 is 0. The first-order valence-electron chi connectivity index (χ1n) is 10.2. The first-order valence-corrected chi connectivity index (χ1v) is 10.2. The number of hydrogen-bond donors (Lipinski definition) is 0. The van der Waals surface area contributed by atoms with Gasteiger partial charge in [-0.25, -0.2) is 9.97 Å². The lowest BCUT2D eigenvalue weighted by molar-refractivity contribution is 0.0738. The van der Waals surface area contributed by atoms with Crippen LogP contribution in [0.25, 0.3) is 11.1 Å². The zero-order chi connectivity index (χ0) is 20.9. The van der Waals surface area contributed by atoms with Gasteiger partial charge in [-0.2, -0.15) is 0 Å². The molecule has 6 heteroatoms. The van der Waals surface area contributed by atoms with Crippen LogP contribution in [0.2, 0.25) is 0 Å². The van der Waals surface area contributed by atoms with Gasteiger partial charge in [-0.3, -0.25) is 4.79 Å². The normalized spacial score (nSPS) is 13.6. The van der Waals surface area contributed by atoms with E-state index in [-0.39, 0.29) is 5.91 Å². The lowest BCUT2D eigenvalue weighted by Gasteiger charge is -2.19. The Morgan fingerprint density at radius 2 is 1.80 bits per heavy atom. The van der Waals surface area contributed by atoms with Gasteiger partial charge in [-0.05, 0) is 47.4 Å². The average Bonchev–Trinajstić information content (AvgIpc) is 2.92. The molecule has 1 aliphatic heterocycles. The molecule has 0 spiro atoms. The summed E-state index contributed by atoms with van der Waals surface area (Å²) < 4.78 is 11.6. The van der Waals surface area contributed by atoms with Gasteiger partial charge in [0.1, 0.15) is 23.9 Å². The van der Waals surface area contributed by atoms with Crippen LogP contribution in [0.5, 0.6) is 11.5 Å². The molecular formula is C24H25N3O3. The van der Waals surface area contributed by atoms with Crippen molar-refractivity contribution in [3.8, 4) is 22.6 Å². The van der Waals surface area contributed by atoms with Gasteiger partial charge in [0.2, 0.25) is 0 Å². The molecule has 0 radical (unpaired) electrons. The predicted molar refractivity (Wildman–Crippen MR) is 114 cm³/mol. The molecule has 1 aromatic heterocycles. The van der Waals surface area contributed by atoms with Crippen molar-refractivity contribution in [2.24, 2.45) is 5.92 Å². The van der Waals surface area contributed by atoms with Gasteiger partial charge in [0, 0.05) is 12.4 Å². The fraction of sp³-hybridized carbons (Fsp3) is 0.292. The largest absolute Gasteiger partial charge is 0.493 e. The molecule has 1 aliphatic rings. The minimum absolute atomic E-state index is 0.0753. The Bertz CT molecular complexity index is 1000. The summed E-state index contributed by atoms with van der Waals surface area (Å²) in [7, 11) is 0. The Kier molecular flexibility index (Phi) is 5.93. The Labute approximate surface area is 176 Å². The molecule has 0 fully saturated rings. The molecule has 2 aromatic carbocycles. The van der Waals surface area contributed by atoms with Gasteiger partial charge in [0.25, 0.3) is 5.91 Å². The number of carbonyl (C=O) groups is 1. The van der Waals surface area contributed by atoms with Gasteiger partial charge in [0.15, 0.2) is 0 Å². The Morgan fingerprint density at radius 3 is 2.53 bits per heavy atom. The quantitative estimate of drug-likeness (QED) is 0.617. The molecule has 4 rings (SSSR count). The molecule has 0 saturated heterocycles. The summed E-state index contributed by atoms with van der Waals surface area (Å²) in [6.45, 7) is 6.21. The highest BCUT2D eigenvalue weighted by Crippen LogP contribution is 2.30. The van der Waals surface area contributed by atoms with Gasteiger partial charge in [-0.15, -0.1) is 0 Å². The van der Waals surface area contributed by atoms with Crippen LogP contribution >= 0.6 is 0 Å². The second kappa shape index (κ2) is 8.95. The van der Waals surface area contributed by atoms with Crippen molar-refractivity contribution in [2.45, 2.75) is 20.4 Å². The number of carbonyl (C=O) groups excluding carboxylic acids is 1. The first-order chi connectivity index (χ1) is 14.6. The summed E-state index contributed by atoms with van der Waals surface area (Å²) in [5.41, 5.74) is 2.53. The molecule has 1 amide bonds. The zero-order valence-corrected chi connectivity index (χ0v) is 17.2. The Balaban J connectivity index is 1.56. The van der Waals surface area contributed by atoms with E-state index in [0.717, 1.165) is 16.9 Å². The molecule has 0 saturated carbocycles. The summed E-state index contributed by atoms with van der Waals surface area (Å²) in [5, 5.41) is 0.